The fraction of sp³-hybridized carbons (Fsp3) is 0.529. The van der Waals surface area contributed by atoms with Crippen molar-refractivity contribution < 1.29 is 4.79 Å². The summed E-state index contributed by atoms with van der Waals surface area (Å²) in [5, 5.41) is 6.14. The topological polar surface area (TPSA) is 56.7 Å². The van der Waals surface area contributed by atoms with E-state index in [1.165, 1.54) is 5.56 Å². The Labute approximate surface area is 157 Å². The van der Waals surface area contributed by atoms with E-state index >= 15 is 0 Å². The van der Waals surface area contributed by atoms with Crippen LogP contribution in [0.1, 0.15) is 32.8 Å². The standard InChI is InChI=1S/C17H28N4O.HI/c1-5-18-17(19-12-11-16(22)20-14(2)3)21(4)13-15-9-7-6-8-10-15;/h6-10,14H,5,11-13H2,1-4H3,(H,18,19)(H,20,22);1H. The van der Waals surface area contributed by atoms with E-state index in [0.717, 1.165) is 19.0 Å². The number of aliphatic imine (C=N–C) groups is 1. The fourth-order valence-corrected chi connectivity index (χ4v) is 2.06. The zero-order chi connectivity index (χ0) is 16.4. The van der Waals surface area contributed by atoms with Gasteiger partial charge in [0.25, 0.3) is 0 Å². The lowest BCUT2D eigenvalue weighted by Crippen LogP contribution is -2.38. The predicted octanol–water partition coefficient (Wildman–Crippen LogP) is 2.62. The highest BCUT2D eigenvalue weighted by Crippen LogP contribution is 2.03. The third-order valence-electron chi connectivity index (χ3n) is 3.01. The first-order valence-corrected chi connectivity index (χ1v) is 7.85. The van der Waals surface area contributed by atoms with E-state index in [9.17, 15) is 4.79 Å². The van der Waals surface area contributed by atoms with Gasteiger partial charge in [0, 0.05) is 32.6 Å². The minimum absolute atomic E-state index is 0. The average Bonchev–Trinajstić information content (AvgIpc) is 2.46. The van der Waals surface area contributed by atoms with Crippen molar-refractivity contribution in [2.75, 3.05) is 20.1 Å². The van der Waals surface area contributed by atoms with E-state index < -0.39 is 0 Å². The van der Waals surface area contributed by atoms with Gasteiger partial charge in [0.1, 0.15) is 0 Å². The monoisotopic (exact) mass is 432 g/mol. The molecule has 0 fully saturated rings. The Morgan fingerprint density at radius 1 is 1.26 bits per heavy atom. The molecule has 1 amide bonds. The second-order valence-corrected chi connectivity index (χ2v) is 5.55. The Hall–Kier alpha value is -1.31. The van der Waals surface area contributed by atoms with Crippen LogP contribution in [-0.2, 0) is 11.3 Å². The SMILES string of the molecule is CCNC(=NCCC(=O)NC(C)C)N(C)Cc1ccccc1.I. The number of nitrogens with one attached hydrogen (secondary N) is 2. The van der Waals surface area contributed by atoms with Crippen molar-refractivity contribution in [3.63, 3.8) is 0 Å². The van der Waals surface area contributed by atoms with Crippen molar-refractivity contribution in [1.29, 1.82) is 0 Å². The Morgan fingerprint density at radius 2 is 1.91 bits per heavy atom. The molecule has 0 bridgehead atoms. The molecule has 0 aliphatic carbocycles. The molecule has 0 spiro atoms. The molecular formula is C17H29IN4O. The minimum Gasteiger partial charge on any atom is -0.357 e. The van der Waals surface area contributed by atoms with Crippen LogP contribution >= 0.6 is 24.0 Å². The maximum atomic E-state index is 11.6. The molecule has 1 rings (SSSR count). The Kier molecular flexibility index (Phi) is 11.5. The molecule has 130 valence electrons. The third-order valence-corrected chi connectivity index (χ3v) is 3.01. The summed E-state index contributed by atoms with van der Waals surface area (Å²) in [6.07, 6.45) is 0.409. The summed E-state index contributed by atoms with van der Waals surface area (Å²) in [4.78, 5) is 18.2. The fourth-order valence-electron chi connectivity index (χ4n) is 2.06. The van der Waals surface area contributed by atoms with Gasteiger partial charge in [-0.15, -0.1) is 24.0 Å². The van der Waals surface area contributed by atoms with Gasteiger partial charge in [-0.25, -0.2) is 0 Å². The van der Waals surface area contributed by atoms with Crippen molar-refractivity contribution >= 4 is 35.8 Å². The zero-order valence-electron chi connectivity index (χ0n) is 14.5. The number of amides is 1. The third kappa shape index (κ3) is 9.43. The molecule has 6 heteroatoms. The van der Waals surface area contributed by atoms with Gasteiger partial charge in [-0.3, -0.25) is 9.79 Å². The summed E-state index contributed by atoms with van der Waals surface area (Å²) < 4.78 is 0. The number of carbonyl (C=O) groups is 1. The lowest BCUT2D eigenvalue weighted by atomic mass is 10.2. The van der Waals surface area contributed by atoms with Crippen LogP contribution in [0.3, 0.4) is 0 Å². The second kappa shape index (κ2) is 12.2. The number of halogens is 1. The molecule has 0 saturated carbocycles. The van der Waals surface area contributed by atoms with Crippen LogP contribution in [0.4, 0.5) is 0 Å². The predicted molar refractivity (Wildman–Crippen MR) is 107 cm³/mol. The van der Waals surface area contributed by atoms with Gasteiger partial charge in [-0.1, -0.05) is 30.3 Å². The number of carbonyl (C=O) groups excluding carboxylic acids is 1. The largest absolute Gasteiger partial charge is 0.357 e. The van der Waals surface area contributed by atoms with Crippen LogP contribution in [0.2, 0.25) is 0 Å². The van der Waals surface area contributed by atoms with Gasteiger partial charge < -0.3 is 15.5 Å². The highest BCUT2D eigenvalue weighted by atomic mass is 127. The van der Waals surface area contributed by atoms with E-state index in [1.54, 1.807) is 0 Å². The van der Waals surface area contributed by atoms with Crippen LogP contribution in [-0.4, -0.2) is 42.9 Å². The highest BCUT2D eigenvalue weighted by molar-refractivity contribution is 14.0. The number of hydrogen-bond acceptors (Lipinski definition) is 2. The summed E-state index contributed by atoms with van der Waals surface area (Å²) in [6.45, 7) is 8.02. The molecule has 5 nitrogen and oxygen atoms in total. The van der Waals surface area contributed by atoms with Crippen molar-refractivity contribution in [3.8, 4) is 0 Å². The summed E-state index contributed by atoms with van der Waals surface area (Å²) in [5.74, 6) is 0.865. The number of nitrogens with zero attached hydrogens (tertiary/aromatic N) is 2. The van der Waals surface area contributed by atoms with E-state index in [4.69, 9.17) is 0 Å². The Bertz CT molecular complexity index is 477. The summed E-state index contributed by atoms with van der Waals surface area (Å²) >= 11 is 0. The second-order valence-electron chi connectivity index (χ2n) is 5.55. The first-order valence-electron chi connectivity index (χ1n) is 7.85. The molecule has 1 aromatic carbocycles. The number of benzene rings is 1. The Balaban J connectivity index is 0.00000484. The maximum absolute atomic E-state index is 11.6. The van der Waals surface area contributed by atoms with Gasteiger partial charge in [0.2, 0.25) is 5.91 Å². The molecule has 0 unspecified atom stereocenters. The molecule has 0 atom stereocenters. The van der Waals surface area contributed by atoms with Gasteiger partial charge in [-0.2, -0.15) is 0 Å². The van der Waals surface area contributed by atoms with E-state index in [0.29, 0.717) is 13.0 Å². The van der Waals surface area contributed by atoms with Gasteiger partial charge in [0.05, 0.1) is 6.54 Å². The maximum Gasteiger partial charge on any atom is 0.222 e. The molecule has 0 radical (unpaired) electrons. The van der Waals surface area contributed by atoms with Crippen molar-refractivity contribution in [2.24, 2.45) is 4.99 Å². The molecule has 0 heterocycles. The van der Waals surface area contributed by atoms with Gasteiger partial charge in [0.15, 0.2) is 5.96 Å². The number of rotatable bonds is 7. The molecule has 2 N–H and O–H groups in total. The van der Waals surface area contributed by atoms with Crippen LogP contribution in [0.25, 0.3) is 0 Å². The van der Waals surface area contributed by atoms with E-state index in [1.807, 2.05) is 46.0 Å². The average molecular weight is 432 g/mol. The quantitative estimate of drug-likeness (QED) is 0.396. The van der Waals surface area contributed by atoms with E-state index in [2.05, 4.69) is 32.7 Å². The highest BCUT2D eigenvalue weighted by Gasteiger charge is 2.07. The van der Waals surface area contributed by atoms with Crippen LogP contribution < -0.4 is 10.6 Å². The zero-order valence-corrected chi connectivity index (χ0v) is 16.8. The molecule has 23 heavy (non-hydrogen) atoms. The number of hydrogen-bond donors (Lipinski definition) is 2. The Morgan fingerprint density at radius 3 is 2.48 bits per heavy atom. The molecule has 1 aromatic rings. The molecule has 0 aromatic heterocycles. The van der Waals surface area contributed by atoms with E-state index in [-0.39, 0.29) is 35.9 Å². The lowest BCUT2D eigenvalue weighted by molar-refractivity contribution is -0.121. The summed E-state index contributed by atoms with van der Waals surface area (Å²) in [7, 11) is 2.00. The number of guanidine groups is 1. The van der Waals surface area contributed by atoms with Crippen LogP contribution in [0.15, 0.2) is 35.3 Å². The smallest absolute Gasteiger partial charge is 0.222 e. The summed E-state index contributed by atoms with van der Waals surface area (Å²) in [5.41, 5.74) is 1.23. The first-order chi connectivity index (χ1) is 10.5. The van der Waals surface area contributed by atoms with Gasteiger partial charge in [-0.05, 0) is 26.3 Å². The van der Waals surface area contributed by atoms with Gasteiger partial charge >= 0.3 is 0 Å². The van der Waals surface area contributed by atoms with Crippen LogP contribution in [0.5, 0.6) is 0 Å². The van der Waals surface area contributed by atoms with Crippen molar-refractivity contribution in [2.45, 2.75) is 39.8 Å². The normalized spacial score (nSPS) is 10.9. The summed E-state index contributed by atoms with van der Waals surface area (Å²) in [6, 6.07) is 10.4. The lowest BCUT2D eigenvalue weighted by Gasteiger charge is -2.22. The van der Waals surface area contributed by atoms with Crippen molar-refractivity contribution in [3.05, 3.63) is 35.9 Å². The minimum atomic E-state index is 0. The molecule has 0 saturated heterocycles. The molecule has 0 aliphatic rings. The first kappa shape index (κ1) is 21.7. The van der Waals surface area contributed by atoms with Crippen molar-refractivity contribution in [1.82, 2.24) is 15.5 Å². The molecule has 0 aliphatic heterocycles. The van der Waals surface area contributed by atoms with Crippen LogP contribution in [0, 0.1) is 0 Å². The molecular weight excluding hydrogens is 403 g/mol.